The highest BCUT2D eigenvalue weighted by atomic mass is 13.5. The van der Waals surface area contributed by atoms with Crippen molar-refractivity contribution in [1.29, 1.82) is 0 Å². The Morgan fingerprint density at radius 3 is 0.348 bits per heavy atom. The average molecular weight is 746 g/mol. The molecular formula is B69-. The summed E-state index contributed by atoms with van der Waals surface area (Å²) in [6.07, 6.45) is -50.2. The summed E-state index contributed by atoms with van der Waals surface area (Å²) in [5, 5.41) is 0. The van der Waals surface area contributed by atoms with Gasteiger partial charge in [0.05, 0.1) is 0 Å². The third-order valence-electron chi connectivity index (χ3n) is 14.4. The van der Waals surface area contributed by atoms with Crippen LogP contribution in [0.1, 0.15) is 0 Å². The highest BCUT2D eigenvalue weighted by Gasteiger charge is 2.64. The summed E-state index contributed by atoms with van der Waals surface area (Å²) in [5.74, 6) is 0. The zero-order valence-electron chi connectivity index (χ0n) is 39.8. The Hall–Kier alpha value is 4.48. The molecule has 0 saturated carbocycles. The molecule has 0 aromatic rings. The summed E-state index contributed by atoms with van der Waals surface area (Å²) in [7, 11) is 236. The first-order valence-corrected chi connectivity index (χ1v) is 22.7. The fourth-order valence-corrected chi connectivity index (χ4v) is 12.1. The summed E-state index contributed by atoms with van der Waals surface area (Å²) in [6.45, 7) is 0. The van der Waals surface area contributed by atoms with Crippen molar-refractivity contribution >= 4 is 489 Å². The highest BCUT2D eigenvalue weighted by molar-refractivity contribution is 8.39. The molecule has 0 unspecified atom stereocenters. The Bertz CT molecular complexity index is 1130. The number of hydrogen-bond donors (Lipinski definition) is 0. The molecule has 0 fully saturated rings. The van der Waals surface area contributed by atoms with Gasteiger partial charge in [-0.25, -0.2) is 0 Å². The van der Waals surface area contributed by atoms with Gasteiger partial charge in [-0.15, -0.1) is 0 Å². The van der Waals surface area contributed by atoms with Crippen molar-refractivity contribution in [2.75, 3.05) is 0 Å². The first-order chi connectivity index (χ1) is 31.4. The lowest BCUT2D eigenvalue weighted by Gasteiger charge is -2.60. The van der Waals surface area contributed by atoms with E-state index in [2.05, 4.69) is 0 Å². The third kappa shape index (κ3) is 19.9. The van der Waals surface area contributed by atoms with Gasteiger partial charge in [0.15, 0.2) is 0 Å². The van der Waals surface area contributed by atoms with Gasteiger partial charge in [0, 0.05) is 124 Å². The van der Waals surface area contributed by atoms with Crippen molar-refractivity contribution in [2.45, 2.75) is 0 Å². The van der Waals surface area contributed by atoms with Crippen LogP contribution in [0.15, 0.2) is 0 Å². The van der Waals surface area contributed by atoms with E-state index in [1.807, 2.05) is 0 Å². The van der Waals surface area contributed by atoms with E-state index in [1.165, 1.54) is 0 Å². The predicted octanol–water partition coefficient (Wildman–Crippen LogP) is -26.3. The van der Waals surface area contributed by atoms with E-state index in [9.17, 15) is 0 Å². The Labute approximate surface area is 484 Å². The molecule has 69 heteroatoms. The molecule has 0 amide bonds. The minimum atomic E-state index is -1.68. The number of hydrogen-bond acceptors (Lipinski definition) is 0. The van der Waals surface area contributed by atoms with E-state index < -0.39 is 211 Å². The van der Waals surface area contributed by atoms with Gasteiger partial charge in [-0.1, -0.05) is 0 Å². The summed E-state index contributed by atoms with van der Waals surface area (Å²) < 4.78 is 0. The van der Waals surface area contributed by atoms with Crippen LogP contribution in [0.25, 0.3) is 0 Å². The van der Waals surface area contributed by atoms with Crippen LogP contribution in [0.4, 0.5) is 0 Å². The Balaban J connectivity index is 11.6. The van der Waals surface area contributed by atoms with Gasteiger partial charge >= 0.3 is 0 Å². The fraction of sp³-hybridized carbons (Fsp3) is 0. The normalized spacial score (nSPS) is 9.75. The maximum atomic E-state index is 6.82. The van der Waals surface area contributed by atoms with Gasteiger partial charge in [-0.05, 0) is 350 Å². The molecule has 0 nitrogen and oxygen atoms in total. The zero-order valence-corrected chi connectivity index (χ0v) is 39.8. The molecule has 72 radical (unpaired) electrons. The highest BCUT2D eigenvalue weighted by Crippen LogP contribution is 2.26. The fourth-order valence-electron chi connectivity index (χ4n) is 12.1. The molecule has 0 N–H and O–H groups in total. The second-order valence-electron chi connectivity index (χ2n) is 19.2. The van der Waals surface area contributed by atoms with Crippen LogP contribution in [0.2, 0.25) is 0 Å². The molecule has 0 saturated heterocycles. The quantitative estimate of drug-likeness (QED) is 0.0587. The van der Waals surface area contributed by atoms with Crippen LogP contribution in [-0.2, 0) is 0 Å². The molecule has 0 aliphatic carbocycles. The molecule has 0 atom stereocenters. The smallest absolute Gasteiger partial charge is 0 e. The van der Waals surface area contributed by atoms with E-state index in [0.29, 0.717) is 0 Å². The van der Waals surface area contributed by atoms with Crippen molar-refractivity contribution in [3.05, 3.63) is 0 Å². The summed E-state index contributed by atoms with van der Waals surface area (Å²) in [5.41, 5.74) is 0. The molecule has 0 heterocycles. The summed E-state index contributed by atoms with van der Waals surface area (Å²) >= 11 is 0. The molecule has 0 aliphatic rings. The molecule has 208 valence electrons. The SMILES string of the molecule is [B]B([B])B([B][B-])B(B(B([B])[B])B([B])[B])B(B(B([B])[B])B([B])[B])B(B(B(B([B])[B])B([B])[B])B(B([B])[B])B([B])[B])B(B(B(B([B])[B])B([B])[B])B(B([B])[B])B([B])[B])B(B(B([B])[B])B([B])[B])B(B([B])[B])B([B])[B]. The van der Waals surface area contributed by atoms with E-state index in [4.69, 9.17) is 271 Å². The molecular weight excluding hydrogens is 746 g/mol. The summed E-state index contributed by atoms with van der Waals surface area (Å²) in [6, 6.07) is 0. The second-order valence-corrected chi connectivity index (χ2v) is 19.2. The van der Waals surface area contributed by atoms with Gasteiger partial charge in [0.25, 0.3) is 0 Å². The molecule has 0 aromatic carbocycles. The van der Waals surface area contributed by atoms with Crippen molar-refractivity contribution in [1.82, 2.24) is 0 Å². The molecule has 0 spiro atoms. The lowest BCUT2D eigenvalue weighted by Crippen LogP contribution is -2.98. The zero-order chi connectivity index (χ0) is 54.8. The number of rotatable bonds is 33. The van der Waals surface area contributed by atoms with E-state index in [1.54, 1.807) is 0 Å². The standard InChI is InChI=1S/B69/c1-36-54(37(2)3)63(55(38(4)5)39(6)7)67(62(52(32)33)53(34)35)69(66(60(48(24)25)49(26)27)61(50(28)29)51(30)31)68(64(56(40(8)9)41(10)11)57(42(12)13)43(14)15)65(58(44(16)17)45(18)19)59(46(20)21)47(22)23/q-1. The first kappa shape index (κ1) is 73.5. The predicted molar refractivity (Wildman–Crippen MR) is 397 cm³/mol. The second kappa shape index (κ2) is 33.9. The topological polar surface area (TPSA) is 0 Å². The van der Waals surface area contributed by atoms with Crippen LogP contribution in [-0.4, -0.2) is 489 Å². The maximum Gasteiger partial charge on any atom is 0 e. The molecule has 0 bridgehead atoms. The van der Waals surface area contributed by atoms with Crippen LogP contribution in [0, 0.1) is 0 Å². The van der Waals surface area contributed by atoms with Crippen molar-refractivity contribution in [3.8, 4) is 0 Å². The molecule has 69 heavy (non-hydrogen) atoms. The van der Waals surface area contributed by atoms with E-state index in [0.717, 1.165) is 7.06 Å². The van der Waals surface area contributed by atoms with Gasteiger partial charge in [0.1, 0.15) is 0 Å². The van der Waals surface area contributed by atoms with Gasteiger partial charge < -0.3 is 7.74 Å². The molecule has 0 aromatic heterocycles. The molecule has 0 aliphatic heterocycles. The van der Waals surface area contributed by atoms with E-state index in [-0.39, 0.29) is 0 Å². The van der Waals surface area contributed by atoms with Gasteiger partial charge in [-0.2, -0.15) is 0 Å². The van der Waals surface area contributed by atoms with Crippen molar-refractivity contribution in [3.63, 3.8) is 0 Å². The first-order valence-electron chi connectivity index (χ1n) is 22.7. The van der Waals surface area contributed by atoms with Crippen LogP contribution >= 0.6 is 0 Å². The van der Waals surface area contributed by atoms with Crippen molar-refractivity contribution in [2.24, 2.45) is 0 Å². The van der Waals surface area contributed by atoms with Gasteiger partial charge in [0.2, 0.25) is 0 Å². The minimum Gasteiger partial charge on any atom is -0.690 e. The lowest BCUT2D eigenvalue weighted by atomic mass is 8.21. The van der Waals surface area contributed by atoms with Gasteiger partial charge in [-0.3, -0.25) is 7.06 Å². The van der Waals surface area contributed by atoms with Crippen LogP contribution in [0.3, 0.4) is 0 Å². The maximum absolute atomic E-state index is 6.82. The van der Waals surface area contributed by atoms with Crippen molar-refractivity contribution < 1.29 is 0 Å². The van der Waals surface area contributed by atoms with E-state index >= 15 is 0 Å². The Morgan fingerprint density at radius 1 is 0.145 bits per heavy atom. The van der Waals surface area contributed by atoms with Crippen LogP contribution in [0.5, 0.6) is 0 Å². The average Bonchev–Trinajstić information content (AvgIpc) is 3.12. The van der Waals surface area contributed by atoms with Crippen LogP contribution < -0.4 is 0 Å². The minimum absolute atomic E-state index is 1.13. The monoisotopic (exact) mass is 760 g/mol. The summed E-state index contributed by atoms with van der Waals surface area (Å²) in [4.78, 5) is 0. The largest absolute Gasteiger partial charge is 0.690 e. The Kier molecular flexibility index (Phi) is 36.1. The Morgan fingerprint density at radius 2 is 0.246 bits per heavy atom. The lowest BCUT2D eigenvalue weighted by molar-refractivity contribution is 3.15. The third-order valence-corrected chi connectivity index (χ3v) is 14.4. The molecule has 0 rings (SSSR count).